The maximum absolute atomic E-state index is 6.28. The lowest BCUT2D eigenvalue weighted by Gasteiger charge is -2.48. The molecule has 2 aliphatic carbocycles. The van der Waals surface area contributed by atoms with Crippen LogP contribution in [-0.4, -0.2) is 55.6 Å². The Morgan fingerprint density at radius 3 is 2.40 bits per heavy atom. The standard InChI is InChI=1S/C17H35N3/c1-4-20(12-6-11-19(2)3)17(14-18)10-5-7-16(13-17)15-8-9-15/h15-16H,4-14,18H2,1-3H3. The average molecular weight is 281 g/mol. The van der Waals surface area contributed by atoms with Gasteiger partial charge in [0, 0.05) is 12.1 Å². The first-order valence-electron chi connectivity index (χ1n) is 8.71. The Labute approximate surface area is 125 Å². The minimum Gasteiger partial charge on any atom is -0.329 e. The summed E-state index contributed by atoms with van der Waals surface area (Å²) in [6, 6.07) is 0. The van der Waals surface area contributed by atoms with Crippen molar-refractivity contribution in [2.75, 3.05) is 40.3 Å². The van der Waals surface area contributed by atoms with E-state index < -0.39 is 0 Å². The third-order valence-electron chi connectivity index (χ3n) is 5.61. The van der Waals surface area contributed by atoms with Crippen LogP contribution in [0.2, 0.25) is 0 Å². The van der Waals surface area contributed by atoms with Gasteiger partial charge in [0.1, 0.15) is 0 Å². The summed E-state index contributed by atoms with van der Waals surface area (Å²) in [7, 11) is 4.33. The summed E-state index contributed by atoms with van der Waals surface area (Å²) in [6.07, 6.45) is 9.77. The molecule has 118 valence electrons. The van der Waals surface area contributed by atoms with Crippen LogP contribution in [0.3, 0.4) is 0 Å². The maximum Gasteiger partial charge on any atom is 0.0334 e. The van der Waals surface area contributed by atoms with E-state index in [1.807, 2.05) is 0 Å². The zero-order chi connectivity index (χ0) is 14.6. The lowest BCUT2D eigenvalue weighted by Crippen LogP contribution is -2.57. The topological polar surface area (TPSA) is 32.5 Å². The number of likely N-dealkylation sites (N-methyl/N-ethyl adjacent to an activating group) is 1. The fraction of sp³-hybridized carbons (Fsp3) is 1.00. The fourth-order valence-corrected chi connectivity index (χ4v) is 4.27. The molecule has 2 saturated carbocycles. The van der Waals surface area contributed by atoms with Crippen LogP contribution in [0, 0.1) is 11.8 Å². The highest BCUT2D eigenvalue weighted by atomic mass is 15.2. The molecule has 0 spiro atoms. The van der Waals surface area contributed by atoms with Crippen molar-refractivity contribution in [1.29, 1.82) is 0 Å². The molecule has 0 aliphatic heterocycles. The van der Waals surface area contributed by atoms with Gasteiger partial charge in [-0.15, -0.1) is 0 Å². The van der Waals surface area contributed by atoms with Gasteiger partial charge in [-0.3, -0.25) is 4.90 Å². The highest BCUT2D eigenvalue weighted by Crippen LogP contribution is 2.47. The van der Waals surface area contributed by atoms with Crippen molar-refractivity contribution >= 4 is 0 Å². The van der Waals surface area contributed by atoms with Gasteiger partial charge in [0.25, 0.3) is 0 Å². The molecule has 0 aromatic carbocycles. The molecular weight excluding hydrogens is 246 g/mol. The molecule has 3 nitrogen and oxygen atoms in total. The van der Waals surface area contributed by atoms with E-state index in [1.165, 1.54) is 58.0 Å². The quantitative estimate of drug-likeness (QED) is 0.742. The summed E-state index contributed by atoms with van der Waals surface area (Å²) >= 11 is 0. The minimum atomic E-state index is 0.312. The molecule has 2 rings (SSSR count). The lowest BCUT2D eigenvalue weighted by molar-refractivity contribution is 0.0326. The normalized spacial score (nSPS) is 31.2. The molecule has 3 heteroatoms. The molecule has 2 N–H and O–H groups in total. The van der Waals surface area contributed by atoms with Gasteiger partial charge in [-0.25, -0.2) is 0 Å². The van der Waals surface area contributed by atoms with Crippen LogP contribution < -0.4 is 5.73 Å². The predicted octanol–water partition coefficient (Wildman–Crippen LogP) is 2.56. The molecule has 0 aromatic rings. The van der Waals surface area contributed by atoms with Gasteiger partial charge < -0.3 is 10.6 Å². The number of nitrogens with two attached hydrogens (primary N) is 1. The van der Waals surface area contributed by atoms with Gasteiger partial charge in [-0.05, 0) is 77.7 Å². The second-order valence-corrected chi connectivity index (χ2v) is 7.36. The SMILES string of the molecule is CCN(CCCN(C)C)C1(CN)CCCC(C2CC2)C1. The Kier molecular flexibility index (Phi) is 5.88. The first-order chi connectivity index (χ1) is 9.61. The van der Waals surface area contributed by atoms with Crippen molar-refractivity contribution in [3.05, 3.63) is 0 Å². The molecule has 0 aromatic heterocycles. The Balaban J connectivity index is 1.94. The number of nitrogens with zero attached hydrogens (tertiary/aromatic N) is 2. The first-order valence-corrected chi connectivity index (χ1v) is 8.71. The summed E-state index contributed by atoms with van der Waals surface area (Å²) in [5.41, 5.74) is 6.59. The lowest BCUT2D eigenvalue weighted by atomic mass is 9.72. The van der Waals surface area contributed by atoms with Crippen molar-refractivity contribution in [2.24, 2.45) is 17.6 Å². The van der Waals surface area contributed by atoms with E-state index in [4.69, 9.17) is 5.73 Å². The van der Waals surface area contributed by atoms with Crippen molar-refractivity contribution < 1.29 is 0 Å². The first kappa shape index (κ1) is 16.3. The van der Waals surface area contributed by atoms with Crippen LogP contribution in [0.15, 0.2) is 0 Å². The third kappa shape index (κ3) is 3.96. The number of hydrogen-bond donors (Lipinski definition) is 1. The van der Waals surface area contributed by atoms with Crippen LogP contribution in [-0.2, 0) is 0 Å². The highest BCUT2D eigenvalue weighted by Gasteiger charge is 2.43. The molecular formula is C17H35N3. The van der Waals surface area contributed by atoms with E-state index in [1.54, 1.807) is 0 Å². The summed E-state index contributed by atoms with van der Waals surface area (Å²) in [5.74, 6) is 2.01. The number of rotatable bonds is 8. The zero-order valence-electron chi connectivity index (χ0n) is 13.9. The van der Waals surface area contributed by atoms with E-state index >= 15 is 0 Å². The van der Waals surface area contributed by atoms with Gasteiger partial charge in [0.2, 0.25) is 0 Å². The number of hydrogen-bond acceptors (Lipinski definition) is 3. The van der Waals surface area contributed by atoms with E-state index in [0.717, 1.165) is 24.9 Å². The van der Waals surface area contributed by atoms with Crippen LogP contribution in [0.4, 0.5) is 0 Å². The van der Waals surface area contributed by atoms with Crippen LogP contribution in [0.1, 0.15) is 51.9 Å². The molecule has 0 heterocycles. The summed E-state index contributed by atoms with van der Waals surface area (Å²) < 4.78 is 0. The molecule has 2 fully saturated rings. The van der Waals surface area contributed by atoms with Crippen LogP contribution in [0.5, 0.6) is 0 Å². The van der Waals surface area contributed by atoms with Gasteiger partial charge in [0.15, 0.2) is 0 Å². The molecule has 0 bridgehead atoms. The molecule has 2 unspecified atom stereocenters. The molecule has 0 radical (unpaired) electrons. The predicted molar refractivity (Wildman–Crippen MR) is 86.9 cm³/mol. The Morgan fingerprint density at radius 1 is 1.10 bits per heavy atom. The molecule has 20 heavy (non-hydrogen) atoms. The highest BCUT2D eigenvalue weighted by molar-refractivity contribution is 4.99. The molecule has 2 atom stereocenters. The smallest absolute Gasteiger partial charge is 0.0334 e. The zero-order valence-corrected chi connectivity index (χ0v) is 13.9. The Bertz CT molecular complexity index is 288. The van der Waals surface area contributed by atoms with Crippen molar-refractivity contribution in [3.8, 4) is 0 Å². The van der Waals surface area contributed by atoms with E-state index in [9.17, 15) is 0 Å². The van der Waals surface area contributed by atoms with Gasteiger partial charge in [-0.2, -0.15) is 0 Å². The van der Waals surface area contributed by atoms with Crippen LogP contribution >= 0.6 is 0 Å². The van der Waals surface area contributed by atoms with E-state index in [2.05, 4.69) is 30.8 Å². The van der Waals surface area contributed by atoms with Gasteiger partial charge in [0.05, 0.1) is 0 Å². The Morgan fingerprint density at radius 2 is 1.85 bits per heavy atom. The summed E-state index contributed by atoms with van der Waals surface area (Å²) in [6.45, 7) is 6.72. The van der Waals surface area contributed by atoms with Gasteiger partial charge in [-0.1, -0.05) is 19.8 Å². The second kappa shape index (κ2) is 7.24. The average Bonchev–Trinajstić information content (AvgIpc) is 3.28. The Hall–Kier alpha value is -0.120. The monoisotopic (exact) mass is 281 g/mol. The molecule has 0 amide bonds. The largest absolute Gasteiger partial charge is 0.329 e. The molecule has 0 saturated heterocycles. The summed E-state index contributed by atoms with van der Waals surface area (Å²) in [5, 5.41) is 0. The van der Waals surface area contributed by atoms with Crippen LogP contribution in [0.25, 0.3) is 0 Å². The van der Waals surface area contributed by atoms with Gasteiger partial charge >= 0.3 is 0 Å². The fourth-order valence-electron chi connectivity index (χ4n) is 4.27. The van der Waals surface area contributed by atoms with Crippen molar-refractivity contribution in [1.82, 2.24) is 9.80 Å². The summed E-state index contributed by atoms with van der Waals surface area (Å²) in [4.78, 5) is 5.00. The van der Waals surface area contributed by atoms with Crippen molar-refractivity contribution in [2.45, 2.75) is 57.4 Å². The van der Waals surface area contributed by atoms with Crippen molar-refractivity contribution in [3.63, 3.8) is 0 Å². The van der Waals surface area contributed by atoms with E-state index in [0.29, 0.717) is 5.54 Å². The van der Waals surface area contributed by atoms with E-state index in [-0.39, 0.29) is 0 Å². The molecule has 2 aliphatic rings. The third-order valence-corrected chi connectivity index (χ3v) is 5.61. The second-order valence-electron chi connectivity index (χ2n) is 7.36. The minimum absolute atomic E-state index is 0.312. The maximum atomic E-state index is 6.28.